The van der Waals surface area contributed by atoms with Gasteiger partial charge in [0.15, 0.2) is 0 Å². The van der Waals surface area contributed by atoms with Gasteiger partial charge in [-0.2, -0.15) is 0 Å². The lowest BCUT2D eigenvalue weighted by Crippen LogP contribution is -2.35. The molecule has 1 aliphatic heterocycles. The zero-order valence-electron chi connectivity index (χ0n) is 17.1. The number of tetrazole rings is 1. The van der Waals surface area contributed by atoms with E-state index in [1.165, 1.54) is 5.56 Å². The number of allylic oxidation sites excluding steroid dienone is 1. The summed E-state index contributed by atoms with van der Waals surface area (Å²) in [5, 5.41) is 12.6. The highest BCUT2D eigenvalue weighted by Gasteiger charge is 2.26. The van der Waals surface area contributed by atoms with Gasteiger partial charge >= 0.3 is 0 Å². The van der Waals surface area contributed by atoms with Gasteiger partial charge in [0.1, 0.15) is 18.1 Å². The van der Waals surface area contributed by atoms with Crippen molar-refractivity contribution < 1.29 is 4.42 Å². The van der Waals surface area contributed by atoms with Crippen molar-refractivity contribution in [2.24, 2.45) is 4.99 Å². The van der Waals surface area contributed by atoms with Crippen LogP contribution < -0.4 is 0 Å². The van der Waals surface area contributed by atoms with Gasteiger partial charge in [-0.3, -0.25) is 4.99 Å². The normalized spacial score (nSPS) is 17.4. The summed E-state index contributed by atoms with van der Waals surface area (Å²) in [5.41, 5.74) is 6.42. The fraction of sp³-hybridized carbons (Fsp3) is 0.217. The molecule has 2 atom stereocenters. The maximum atomic E-state index is 5.63. The van der Waals surface area contributed by atoms with E-state index in [0.29, 0.717) is 0 Å². The van der Waals surface area contributed by atoms with Crippen molar-refractivity contribution >= 4 is 22.9 Å². The summed E-state index contributed by atoms with van der Waals surface area (Å²) in [7, 11) is 0. The van der Waals surface area contributed by atoms with Gasteiger partial charge in [-0.25, -0.2) is 4.68 Å². The Labute approximate surface area is 174 Å². The molecule has 7 nitrogen and oxygen atoms in total. The zero-order chi connectivity index (χ0) is 20.7. The van der Waals surface area contributed by atoms with E-state index in [9.17, 15) is 0 Å². The first-order valence-corrected chi connectivity index (χ1v) is 9.95. The molecular weight excluding hydrogens is 376 g/mol. The Kier molecular flexibility index (Phi) is 4.43. The molecule has 1 aliphatic rings. The van der Waals surface area contributed by atoms with Crippen LogP contribution in [0, 0.1) is 6.92 Å². The highest BCUT2D eigenvalue weighted by molar-refractivity contribution is 5.90. The first-order chi connectivity index (χ1) is 14.6. The lowest BCUT2D eigenvalue weighted by atomic mass is 10.00. The van der Waals surface area contributed by atoms with Gasteiger partial charge in [-0.05, 0) is 84.3 Å². The van der Waals surface area contributed by atoms with Crippen LogP contribution in [0.3, 0.4) is 0 Å². The van der Waals surface area contributed by atoms with Crippen molar-refractivity contribution in [1.82, 2.24) is 25.1 Å². The monoisotopic (exact) mass is 398 g/mol. The van der Waals surface area contributed by atoms with Crippen LogP contribution in [0.25, 0.3) is 22.4 Å². The third kappa shape index (κ3) is 3.08. The van der Waals surface area contributed by atoms with Crippen LogP contribution in [-0.2, 0) is 0 Å². The number of furan rings is 1. The van der Waals surface area contributed by atoms with Gasteiger partial charge in [0.25, 0.3) is 0 Å². The number of benzene rings is 2. The van der Waals surface area contributed by atoms with Crippen LogP contribution in [0.15, 0.2) is 70.5 Å². The largest absolute Gasteiger partial charge is 0.464 e. The first kappa shape index (κ1) is 18.3. The number of aromatic nitrogens is 4. The molecule has 0 aliphatic carbocycles. The molecule has 30 heavy (non-hydrogen) atoms. The van der Waals surface area contributed by atoms with Crippen LogP contribution in [-0.4, -0.2) is 37.5 Å². The fourth-order valence-corrected chi connectivity index (χ4v) is 4.06. The molecule has 2 aromatic heterocycles. The van der Waals surface area contributed by atoms with Gasteiger partial charge < -0.3 is 9.32 Å². The number of rotatable bonds is 4. The minimum Gasteiger partial charge on any atom is -0.464 e. The molecule has 0 saturated carbocycles. The molecule has 0 spiro atoms. The van der Waals surface area contributed by atoms with E-state index in [0.717, 1.165) is 33.5 Å². The lowest BCUT2D eigenvalue weighted by Gasteiger charge is -2.38. The second-order valence-electron chi connectivity index (χ2n) is 7.54. The molecule has 0 saturated heterocycles. The number of aryl methyl sites for hydroxylation is 1. The third-order valence-corrected chi connectivity index (χ3v) is 5.66. The summed E-state index contributed by atoms with van der Waals surface area (Å²) in [6.45, 7) is 6.39. The molecule has 0 amide bonds. The van der Waals surface area contributed by atoms with E-state index >= 15 is 0 Å². The van der Waals surface area contributed by atoms with E-state index in [2.05, 4.69) is 76.5 Å². The first-order valence-electron chi connectivity index (χ1n) is 9.95. The molecule has 0 radical (unpaired) electrons. The summed E-state index contributed by atoms with van der Waals surface area (Å²) in [4.78, 5) is 6.99. The number of aliphatic imine (C=N–C) groups is 1. The molecule has 0 N–H and O–H groups in total. The SMILES string of the molecule is Cc1coc2ccc(C3=CC=NC(C)N3[C@@H](C)c3cccc(-n4cnnn4)c3)cc12. The second-order valence-corrected chi connectivity index (χ2v) is 7.54. The number of hydrogen-bond donors (Lipinski definition) is 0. The predicted molar refractivity (Wildman–Crippen MR) is 116 cm³/mol. The smallest absolute Gasteiger partial charge is 0.143 e. The van der Waals surface area contributed by atoms with Crippen molar-refractivity contribution in [3.05, 3.63) is 77.8 Å². The van der Waals surface area contributed by atoms with E-state index in [1.807, 2.05) is 24.4 Å². The van der Waals surface area contributed by atoms with Gasteiger partial charge in [-0.15, -0.1) is 5.10 Å². The molecule has 7 heteroatoms. The lowest BCUT2D eigenvalue weighted by molar-refractivity contribution is 0.252. The molecule has 4 aromatic rings. The molecule has 0 fully saturated rings. The fourth-order valence-electron chi connectivity index (χ4n) is 4.06. The van der Waals surface area contributed by atoms with Crippen LogP contribution in [0.1, 0.15) is 36.6 Å². The Bertz CT molecular complexity index is 1250. The van der Waals surface area contributed by atoms with Crippen molar-refractivity contribution in [1.29, 1.82) is 0 Å². The summed E-state index contributed by atoms with van der Waals surface area (Å²) in [6.07, 6.45) is 7.40. The van der Waals surface area contributed by atoms with Crippen LogP contribution in [0.5, 0.6) is 0 Å². The Morgan fingerprint density at radius 3 is 2.87 bits per heavy atom. The van der Waals surface area contributed by atoms with Crippen molar-refractivity contribution in [3.63, 3.8) is 0 Å². The summed E-state index contributed by atoms with van der Waals surface area (Å²) < 4.78 is 7.29. The Morgan fingerprint density at radius 1 is 1.13 bits per heavy atom. The quantitative estimate of drug-likeness (QED) is 0.504. The van der Waals surface area contributed by atoms with Gasteiger partial charge in [-0.1, -0.05) is 12.1 Å². The Balaban J connectivity index is 1.54. The van der Waals surface area contributed by atoms with Gasteiger partial charge in [0.2, 0.25) is 0 Å². The van der Waals surface area contributed by atoms with E-state index in [-0.39, 0.29) is 12.2 Å². The molecule has 2 aromatic carbocycles. The van der Waals surface area contributed by atoms with Crippen molar-refractivity contribution in [3.8, 4) is 5.69 Å². The van der Waals surface area contributed by atoms with E-state index in [4.69, 9.17) is 4.42 Å². The van der Waals surface area contributed by atoms with Crippen molar-refractivity contribution in [2.75, 3.05) is 0 Å². The van der Waals surface area contributed by atoms with E-state index in [1.54, 1.807) is 17.3 Å². The summed E-state index contributed by atoms with van der Waals surface area (Å²) in [5.74, 6) is 0. The summed E-state index contributed by atoms with van der Waals surface area (Å²) >= 11 is 0. The average Bonchev–Trinajstić information content (AvgIpc) is 3.43. The topological polar surface area (TPSA) is 72.3 Å². The van der Waals surface area contributed by atoms with Crippen molar-refractivity contribution in [2.45, 2.75) is 33.0 Å². The number of fused-ring (bicyclic) bond motifs is 1. The second kappa shape index (κ2) is 7.26. The highest BCUT2D eigenvalue weighted by atomic mass is 16.3. The minimum atomic E-state index is 0.0119. The van der Waals surface area contributed by atoms with Gasteiger partial charge in [0.05, 0.1) is 18.0 Å². The Hall–Kier alpha value is -3.74. The van der Waals surface area contributed by atoms with Crippen LogP contribution in [0.2, 0.25) is 0 Å². The molecular formula is C23H22N6O. The van der Waals surface area contributed by atoms with Crippen LogP contribution in [0.4, 0.5) is 0 Å². The maximum Gasteiger partial charge on any atom is 0.143 e. The third-order valence-electron chi connectivity index (χ3n) is 5.66. The van der Waals surface area contributed by atoms with Crippen LogP contribution >= 0.6 is 0 Å². The molecule has 3 heterocycles. The summed E-state index contributed by atoms with van der Waals surface area (Å²) in [6, 6.07) is 14.7. The standard InChI is InChI=1S/C23H22N6O/c1-15-13-30-23-8-7-19(12-21(15)23)22-9-10-24-17(3)29(22)16(2)18-5-4-6-20(11-18)28-14-25-26-27-28/h4-14,16-17H,1-3H3/t16-,17?/m0/s1. The molecule has 150 valence electrons. The van der Waals surface area contributed by atoms with E-state index < -0.39 is 0 Å². The molecule has 0 bridgehead atoms. The average molecular weight is 398 g/mol. The number of nitrogens with zero attached hydrogens (tertiary/aromatic N) is 6. The molecule has 1 unspecified atom stereocenters. The maximum absolute atomic E-state index is 5.63. The number of hydrogen-bond acceptors (Lipinski definition) is 6. The predicted octanol–water partition coefficient (Wildman–Crippen LogP) is 4.55. The zero-order valence-corrected chi connectivity index (χ0v) is 17.1. The Morgan fingerprint density at radius 2 is 2.03 bits per heavy atom. The van der Waals surface area contributed by atoms with Gasteiger partial charge in [0, 0.05) is 17.3 Å². The minimum absolute atomic E-state index is 0.0119. The highest BCUT2D eigenvalue weighted by Crippen LogP contribution is 2.36. The molecule has 5 rings (SSSR count).